The first-order valence-corrected chi connectivity index (χ1v) is 7.58. The van der Waals surface area contributed by atoms with E-state index in [2.05, 4.69) is 14.5 Å². The summed E-state index contributed by atoms with van der Waals surface area (Å²) in [5.74, 6) is 1.23. The van der Waals surface area contributed by atoms with E-state index in [1.54, 1.807) is 11.3 Å². The molecule has 0 bridgehead atoms. The monoisotopic (exact) mass is 311 g/mol. The standard InChI is InChI=1S/C13H11Cl2N3S/c1-8-12(19-7-16-8)6-18-11-4-9(15)2-3-10(11)17-13(18)5-14/h2-4,7H,5-6H2,1H3. The molecule has 0 unspecified atom stereocenters. The maximum atomic E-state index is 6.07. The highest BCUT2D eigenvalue weighted by Crippen LogP contribution is 2.24. The van der Waals surface area contributed by atoms with Crippen molar-refractivity contribution in [2.75, 3.05) is 0 Å². The number of thiazole rings is 1. The zero-order chi connectivity index (χ0) is 13.4. The second-order valence-electron chi connectivity index (χ2n) is 4.24. The summed E-state index contributed by atoms with van der Waals surface area (Å²) < 4.78 is 2.11. The minimum absolute atomic E-state index is 0.379. The molecule has 0 amide bonds. The lowest BCUT2D eigenvalue weighted by Gasteiger charge is -2.06. The number of hydrogen-bond donors (Lipinski definition) is 0. The minimum atomic E-state index is 0.379. The molecule has 0 radical (unpaired) electrons. The number of benzene rings is 1. The molecule has 0 fully saturated rings. The predicted octanol–water partition coefficient (Wildman–Crippen LogP) is 4.24. The summed E-state index contributed by atoms with van der Waals surface area (Å²) in [6, 6.07) is 5.69. The molecule has 0 saturated carbocycles. The van der Waals surface area contributed by atoms with Crippen LogP contribution in [0.15, 0.2) is 23.7 Å². The van der Waals surface area contributed by atoms with Crippen molar-refractivity contribution in [1.82, 2.24) is 14.5 Å². The van der Waals surface area contributed by atoms with Crippen LogP contribution in [0.1, 0.15) is 16.4 Å². The summed E-state index contributed by atoms with van der Waals surface area (Å²) in [5, 5.41) is 0.704. The molecule has 1 aromatic carbocycles. The molecule has 0 saturated heterocycles. The molecule has 0 aliphatic heterocycles. The lowest BCUT2D eigenvalue weighted by atomic mass is 10.3. The zero-order valence-electron chi connectivity index (χ0n) is 10.2. The van der Waals surface area contributed by atoms with Gasteiger partial charge in [-0.25, -0.2) is 9.97 Å². The SMILES string of the molecule is Cc1ncsc1Cn1c(CCl)nc2ccc(Cl)cc21. The smallest absolute Gasteiger partial charge is 0.125 e. The lowest BCUT2D eigenvalue weighted by molar-refractivity contribution is 0.783. The van der Waals surface area contributed by atoms with Crippen LogP contribution in [-0.2, 0) is 12.4 Å². The molecular formula is C13H11Cl2N3S. The average Bonchev–Trinajstić information content (AvgIpc) is 2.95. The van der Waals surface area contributed by atoms with Crippen LogP contribution in [0.5, 0.6) is 0 Å². The van der Waals surface area contributed by atoms with Crippen LogP contribution in [0.25, 0.3) is 11.0 Å². The van der Waals surface area contributed by atoms with Gasteiger partial charge in [-0.15, -0.1) is 22.9 Å². The van der Waals surface area contributed by atoms with Gasteiger partial charge in [0, 0.05) is 9.90 Å². The molecule has 19 heavy (non-hydrogen) atoms. The van der Waals surface area contributed by atoms with Crippen LogP contribution in [0.4, 0.5) is 0 Å². The molecule has 6 heteroatoms. The lowest BCUT2D eigenvalue weighted by Crippen LogP contribution is -2.03. The van der Waals surface area contributed by atoms with Crippen molar-refractivity contribution in [1.29, 1.82) is 0 Å². The second kappa shape index (κ2) is 5.12. The molecule has 3 aromatic rings. The van der Waals surface area contributed by atoms with Crippen LogP contribution >= 0.6 is 34.5 Å². The topological polar surface area (TPSA) is 30.7 Å². The van der Waals surface area contributed by atoms with Crippen molar-refractivity contribution in [3.63, 3.8) is 0 Å². The van der Waals surface area contributed by atoms with E-state index in [0.717, 1.165) is 29.1 Å². The highest BCUT2D eigenvalue weighted by molar-refractivity contribution is 7.09. The number of rotatable bonds is 3. The number of fused-ring (bicyclic) bond motifs is 1. The Hall–Kier alpha value is -1.10. The summed E-state index contributed by atoms with van der Waals surface area (Å²) in [6.45, 7) is 2.74. The molecule has 2 heterocycles. The Morgan fingerprint density at radius 1 is 1.37 bits per heavy atom. The molecule has 0 N–H and O–H groups in total. The van der Waals surface area contributed by atoms with E-state index in [1.165, 1.54) is 4.88 Å². The van der Waals surface area contributed by atoms with Gasteiger partial charge in [-0.1, -0.05) is 11.6 Å². The first-order chi connectivity index (χ1) is 9.19. The number of aromatic nitrogens is 3. The molecule has 3 nitrogen and oxygen atoms in total. The molecule has 0 spiro atoms. The van der Waals surface area contributed by atoms with Crippen molar-refractivity contribution < 1.29 is 0 Å². The third kappa shape index (κ3) is 2.36. The zero-order valence-corrected chi connectivity index (χ0v) is 12.6. The van der Waals surface area contributed by atoms with Gasteiger partial charge >= 0.3 is 0 Å². The van der Waals surface area contributed by atoms with Gasteiger partial charge in [0.05, 0.1) is 34.7 Å². The molecule has 0 atom stereocenters. The Bertz CT molecular complexity index is 733. The minimum Gasteiger partial charge on any atom is -0.322 e. The van der Waals surface area contributed by atoms with Gasteiger partial charge in [0.1, 0.15) is 5.82 Å². The Kier molecular flexibility index (Phi) is 3.48. The Morgan fingerprint density at radius 2 is 2.21 bits per heavy atom. The quantitative estimate of drug-likeness (QED) is 0.677. The molecule has 3 rings (SSSR count). The van der Waals surface area contributed by atoms with Crippen molar-refractivity contribution in [2.24, 2.45) is 0 Å². The normalized spacial score (nSPS) is 11.3. The van der Waals surface area contributed by atoms with E-state index in [-0.39, 0.29) is 0 Å². The number of nitrogens with zero attached hydrogens (tertiary/aromatic N) is 3. The molecule has 0 aliphatic carbocycles. The van der Waals surface area contributed by atoms with Gasteiger partial charge in [-0.2, -0.15) is 0 Å². The number of halogens is 2. The van der Waals surface area contributed by atoms with Crippen LogP contribution in [0.2, 0.25) is 5.02 Å². The van der Waals surface area contributed by atoms with Crippen LogP contribution in [0, 0.1) is 6.92 Å². The van der Waals surface area contributed by atoms with Gasteiger partial charge in [0.15, 0.2) is 0 Å². The Morgan fingerprint density at radius 3 is 2.89 bits per heavy atom. The van der Waals surface area contributed by atoms with E-state index >= 15 is 0 Å². The molecule has 0 aliphatic rings. The van der Waals surface area contributed by atoms with E-state index in [9.17, 15) is 0 Å². The van der Waals surface area contributed by atoms with Gasteiger partial charge < -0.3 is 4.57 Å². The molecule has 98 valence electrons. The fraction of sp³-hybridized carbons (Fsp3) is 0.231. The van der Waals surface area contributed by atoms with Crippen LogP contribution in [-0.4, -0.2) is 14.5 Å². The van der Waals surface area contributed by atoms with Gasteiger partial charge in [0.25, 0.3) is 0 Å². The van der Waals surface area contributed by atoms with Gasteiger partial charge in [-0.3, -0.25) is 0 Å². The van der Waals surface area contributed by atoms with Crippen molar-refractivity contribution in [2.45, 2.75) is 19.3 Å². The van der Waals surface area contributed by atoms with Gasteiger partial charge in [-0.05, 0) is 25.1 Å². The molecular weight excluding hydrogens is 301 g/mol. The first kappa shape index (κ1) is 12.9. The highest BCUT2D eigenvalue weighted by Gasteiger charge is 2.12. The largest absolute Gasteiger partial charge is 0.322 e. The second-order valence-corrected chi connectivity index (χ2v) is 5.88. The maximum Gasteiger partial charge on any atom is 0.125 e. The van der Waals surface area contributed by atoms with E-state index in [0.29, 0.717) is 10.9 Å². The van der Waals surface area contributed by atoms with Crippen LogP contribution < -0.4 is 0 Å². The Balaban J connectivity index is 2.15. The third-order valence-corrected chi connectivity index (χ3v) is 4.45. The molecule has 2 aromatic heterocycles. The summed E-state index contributed by atoms with van der Waals surface area (Å²) in [7, 11) is 0. The average molecular weight is 312 g/mol. The van der Waals surface area contributed by atoms with Crippen LogP contribution in [0.3, 0.4) is 0 Å². The first-order valence-electron chi connectivity index (χ1n) is 5.78. The highest BCUT2D eigenvalue weighted by atomic mass is 35.5. The maximum absolute atomic E-state index is 6.07. The van der Waals surface area contributed by atoms with Crippen molar-refractivity contribution in [3.05, 3.63) is 45.1 Å². The van der Waals surface area contributed by atoms with E-state index < -0.39 is 0 Å². The number of aryl methyl sites for hydroxylation is 1. The summed E-state index contributed by atoms with van der Waals surface area (Å²) >= 11 is 13.7. The number of hydrogen-bond acceptors (Lipinski definition) is 3. The fourth-order valence-corrected chi connectivity index (χ4v) is 3.18. The Labute approximate surface area is 124 Å². The number of imidazole rings is 1. The van der Waals surface area contributed by atoms with Crippen molar-refractivity contribution >= 4 is 45.6 Å². The van der Waals surface area contributed by atoms with E-state index in [1.807, 2.05) is 30.6 Å². The van der Waals surface area contributed by atoms with Crippen molar-refractivity contribution in [3.8, 4) is 0 Å². The fourth-order valence-electron chi connectivity index (χ4n) is 2.05. The van der Waals surface area contributed by atoms with Gasteiger partial charge in [0.2, 0.25) is 0 Å². The predicted molar refractivity (Wildman–Crippen MR) is 80.3 cm³/mol. The summed E-state index contributed by atoms with van der Waals surface area (Å²) in [5.41, 5.74) is 4.84. The number of alkyl halides is 1. The van der Waals surface area contributed by atoms with E-state index in [4.69, 9.17) is 23.2 Å². The summed E-state index contributed by atoms with van der Waals surface area (Å²) in [4.78, 5) is 10.0. The third-order valence-electron chi connectivity index (χ3n) is 3.06. The summed E-state index contributed by atoms with van der Waals surface area (Å²) in [6.07, 6.45) is 0.